The van der Waals surface area contributed by atoms with Crippen LogP contribution in [0.15, 0.2) is 0 Å². The number of unbranched alkanes of at least 4 members (excludes halogenated alkanes) is 1. The van der Waals surface area contributed by atoms with Crippen molar-refractivity contribution in [3.63, 3.8) is 0 Å². The predicted octanol–water partition coefficient (Wildman–Crippen LogP) is 0.250. The minimum atomic E-state index is -0.691. The van der Waals surface area contributed by atoms with Crippen LogP contribution in [0.3, 0.4) is 0 Å². The maximum atomic E-state index is 9.44. The third-order valence-electron chi connectivity index (χ3n) is 1.78. The van der Waals surface area contributed by atoms with E-state index in [1.165, 1.54) is 11.8 Å². The van der Waals surface area contributed by atoms with Gasteiger partial charge in [0.05, 0.1) is 25.4 Å². The molecule has 0 aliphatic rings. The first-order valence-electron chi connectivity index (χ1n) is 5.33. The van der Waals surface area contributed by atoms with Crippen LogP contribution < -0.4 is 0 Å². The molecule has 0 rings (SSSR count). The number of hydrogen-bond donors (Lipinski definition) is 3. The lowest BCUT2D eigenvalue weighted by atomic mass is 10.3. The fourth-order valence-electron chi connectivity index (χ4n) is 0.907. The van der Waals surface area contributed by atoms with Gasteiger partial charge in [-0.05, 0) is 6.42 Å². The molecule has 0 aromatic rings. The van der Waals surface area contributed by atoms with Crippen molar-refractivity contribution >= 4 is 11.8 Å². The van der Waals surface area contributed by atoms with Gasteiger partial charge in [-0.1, -0.05) is 13.3 Å². The zero-order valence-corrected chi connectivity index (χ0v) is 10.1. The van der Waals surface area contributed by atoms with Crippen molar-refractivity contribution in [1.82, 2.24) is 0 Å². The Hall–Kier alpha value is 0.190. The van der Waals surface area contributed by atoms with E-state index >= 15 is 0 Å². The summed E-state index contributed by atoms with van der Waals surface area (Å²) in [6.07, 6.45) is 0.928. The Labute approximate surface area is 95.6 Å². The molecule has 92 valence electrons. The van der Waals surface area contributed by atoms with Crippen molar-refractivity contribution < 1.29 is 20.1 Å². The smallest absolute Gasteiger partial charge is 0.0863 e. The van der Waals surface area contributed by atoms with Crippen LogP contribution >= 0.6 is 11.8 Å². The van der Waals surface area contributed by atoms with E-state index in [0.717, 1.165) is 12.8 Å². The molecular formula is C10H22O4S. The number of aliphatic hydroxyl groups excluding tert-OH is 3. The van der Waals surface area contributed by atoms with Gasteiger partial charge in [0.1, 0.15) is 0 Å². The van der Waals surface area contributed by atoms with Crippen LogP contribution in [-0.4, -0.2) is 58.9 Å². The molecule has 0 aromatic carbocycles. The van der Waals surface area contributed by atoms with Gasteiger partial charge in [-0.2, -0.15) is 11.8 Å². The molecule has 0 amide bonds. The SMILES string of the molecule is CCCCOCC(O)CSCC(O)CO. The highest BCUT2D eigenvalue weighted by Gasteiger charge is 2.07. The number of hydrogen-bond acceptors (Lipinski definition) is 5. The fourth-order valence-corrected chi connectivity index (χ4v) is 1.79. The zero-order chi connectivity index (χ0) is 11.5. The molecule has 2 atom stereocenters. The topological polar surface area (TPSA) is 69.9 Å². The van der Waals surface area contributed by atoms with Gasteiger partial charge in [0.15, 0.2) is 0 Å². The summed E-state index contributed by atoms with van der Waals surface area (Å²) in [6.45, 7) is 2.90. The second kappa shape index (κ2) is 10.7. The highest BCUT2D eigenvalue weighted by atomic mass is 32.2. The van der Waals surface area contributed by atoms with Gasteiger partial charge in [0, 0.05) is 18.1 Å². The second-order valence-corrected chi connectivity index (χ2v) is 4.53. The van der Waals surface area contributed by atoms with Crippen LogP contribution in [0.25, 0.3) is 0 Å². The molecule has 15 heavy (non-hydrogen) atoms. The lowest BCUT2D eigenvalue weighted by molar-refractivity contribution is 0.0472. The molecule has 0 heterocycles. The van der Waals surface area contributed by atoms with Crippen molar-refractivity contribution in [3.8, 4) is 0 Å². The standard InChI is InChI=1S/C10H22O4S/c1-2-3-4-14-6-10(13)8-15-7-9(12)5-11/h9-13H,2-8H2,1H3. The lowest BCUT2D eigenvalue weighted by Gasteiger charge is -2.12. The van der Waals surface area contributed by atoms with Gasteiger partial charge in [-0.3, -0.25) is 0 Å². The minimum absolute atomic E-state index is 0.226. The Balaban J connectivity index is 3.21. The molecule has 0 saturated heterocycles. The van der Waals surface area contributed by atoms with Gasteiger partial charge in [-0.15, -0.1) is 0 Å². The fraction of sp³-hybridized carbons (Fsp3) is 1.00. The first-order chi connectivity index (χ1) is 7.20. The first-order valence-corrected chi connectivity index (χ1v) is 6.48. The summed E-state index contributed by atoms with van der Waals surface area (Å²) >= 11 is 1.42. The van der Waals surface area contributed by atoms with Gasteiger partial charge >= 0.3 is 0 Å². The maximum Gasteiger partial charge on any atom is 0.0863 e. The molecule has 4 nitrogen and oxygen atoms in total. The monoisotopic (exact) mass is 238 g/mol. The molecule has 3 N–H and O–H groups in total. The van der Waals surface area contributed by atoms with Crippen molar-refractivity contribution in [2.24, 2.45) is 0 Å². The van der Waals surface area contributed by atoms with Gasteiger partial charge < -0.3 is 20.1 Å². The summed E-state index contributed by atoms with van der Waals surface area (Å²) in [7, 11) is 0. The Kier molecular flexibility index (Phi) is 10.8. The molecule has 0 saturated carbocycles. The molecular weight excluding hydrogens is 216 g/mol. The van der Waals surface area contributed by atoms with Crippen molar-refractivity contribution in [2.45, 2.75) is 32.0 Å². The summed E-state index contributed by atoms with van der Waals surface area (Å²) in [4.78, 5) is 0. The Morgan fingerprint density at radius 1 is 1.20 bits per heavy atom. The lowest BCUT2D eigenvalue weighted by Crippen LogP contribution is -2.21. The minimum Gasteiger partial charge on any atom is -0.394 e. The maximum absolute atomic E-state index is 9.44. The zero-order valence-electron chi connectivity index (χ0n) is 9.26. The van der Waals surface area contributed by atoms with E-state index in [0.29, 0.717) is 24.7 Å². The van der Waals surface area contributed by atoms with Gasteiger partial charge in [0.2, 0.25) is 0 Å². The summed E-state index contributed by atoms with van der Waals surface area (Å²) in [5, 5.41) is 27.0. The van der Waals surface area contributed by atoms with Crippen LogP contribution in [0.1, 0.15) is 19.8 Å². The van der Waals surface area contributed by atoms with E-state index in [1.807, 2.05) is 0 Å². The average Bonchev–Trinajstić information content (AvgIpc) is 2.24. The Bertz CT molecular complexity index is 135. The van der Waals surface area contributed by atoms with Gasteiger partial charge in [-0.25, -0.2) is 0 Å². The molecule has 2 unspecified atom stereocenters. The second-order valence-electron chi connectivity index (χ2n) is 3.46. The number of thioether (sulfide) groups is 1. The van der Waals surface area contributed by atoms with Crippen LogP contribution in [0.5, 0.6) is 0 Å². The molecule has 0 aliphatic carbocycles. The predicted molar refractivity (Wildman–Crippen MR) is 62.2 cm³/mol. The molecule has 0 fully saturated rings. The number of ether oxygens (including phenoxy) is 1. The largest absolute Gasteiger partial charge is 0.394 e. The van der Waals surface area contributed by atoms with E-state index in [2.05, 4.69) is 6.92 Å². The van der Waals surface area contributed by atoms with Crippen LogP contribution in [-0.2, 0) is 4.74 Å². The van der Waals surface area contributed by atoms with Crippen LogP contribution in [0.4, 0.5) is 0 Å². The highest BCUT2D eigenvalue weighted by Crippen LogP contribution is 2.05. The van der Waals surface area contributed by atoms with Crippen molar-refractivity contribution in [3.05, 3.63) is 0 Å². The van der Waals surface area contributed by atoms with E-state index in [9.17, 15) is 5.11 Å². The normalized spacial score (nSPS) is 15.2. The van der Waals surface area contributed by atoms with Crippen molar-refractivity contribution in [2.75, 3.05) is 31.3 Å². The van der Waals surface area contributed by atoms with Gasteiger partial charge in [0.25, 0.3) is 0 Å². The van der Waals surface area contributed by atoms with E-state index in [-0.39, 0.29) is 6.61 Å². The summed E-state index contributed by atoms with van der Waals surface area (Å²) in [5.41, 5.74) is 0. The highest BCUT2D eigenvalue weighted by molar-refractivity contribution is 7.99. The molecule has 0 bridgehead atoms. The summed E-state index contributed by atoms with van der Waals surface area (Å²) in [5.74, 6) is 0.978. The van der Waals surface area contributed by atoms with E-state index < -0.39 is 12.2 Å². The third-order valence-corrected chi connectivity index (χ3v) is 3.02. The summed E-state index contributed by atoms with van der Waals surface area (Å²) in [6, 6.07) is 0. The average molecular weight is 238 g/mol. The number of rotatable bonds is 10. The Morgan fingerprint density at radius 3 is 2.47 bits per heavy atom. The molecule has 0 aliphatic heterocycles. The Morgan fingerprint density at radius 2 is 1.87 bits per heavy atom. The quantitative estimate of drug-likeness (QED) is 0.476. The van der Waals surface area contributed by atoms with E-state index in [1.54, 1.807) is 0 Å². The van der Waals surface area contributed by atoms with Crippen LogP contribution in [0, 0.1) is 0 Å². The summed E-state index contributed by atoms with van der Waals surface area (Å²) < 4.78 is 5.24. The molecule has 0 spiro atoms. The van der Waals surface area contributed by atoms with Crippen LogP contribution in [0.2, 0.25) is 0 Å². The molecule has 0 aromatic heterocycles. The molecule has 5 heteroatoms. The number of aliphatic hydroxyl groups is 3. The first kappa shape index (κ1) is 15.2. The third kappa shape index (κ3) is 10.5. The van der Waals surface area contributed by atoms with Crippen molar-refractivity contribution in [1.29, 1.82) is 0 Å². The van der Waals surface area contributed by atoms with E-state index in [4.69, 9.17) is 14.9 Å². The molecule has 0 radical (unpaired) electrons.